The minimum absolute atomic E-state index is 0.0251. The van der Waals surface area contributed by atoms with Gasteiger partial charge in [0.15, 0.2) is 11.5 Å². The number of amides is 2. The summed E-state index contributed by atoms with van der Waals surface area (Å²) in [6.45, 7) is 10.8. The van der Waals surface area contributed by atoms with Gasteiger partial charge in [-0.05, 0) is 12.1 Å². The summed E-state index contributed by atoms with van der Waals surface area (Å²) >= 11 is 5.60. The van der Waals surface area contributed by atoms with Crippen LogP contribution in [0.25, 0.3) is 0 Å². The number of nitrogens with zero attached hydrogens (tertiary/aromatic N) is 5. The van der Waals surface area contributed by atoms with E-state index in [9.17, 15) is 29.8 Å². The fourth-order valence-electron chi connectivity index (χ4n) is 5.64. The molecule has 43 heavy (non-hydrogen) atoms. The molecular weight excluding hydrogens is 584 g/mol. The van der Waals surface area contributed by atoms with Gasteiger partial charge in [0.05, 0.1) is 24.1 Å². The summed E-state index contributed by atoms with van der Waals surface area (Å²) in [5.74, 6) is 0.790. The number of nitrogens with one attached hydrogen (secondary N) is 1. The molecule has 0 aromatic heterocycles. The van der Waals surface area contributed by atoms with E-state index in [0.29, 0.717) is 10.4 Å². The third-order valence-corrected chi connectivity index (χ3v) is 8.35. The Hall–Kier alpha value is -4.17. The number of nitro groups is 2. The largest absolute Gasteiger partial charge is 0.490 e. The Labute approximate surface area is 253 Å². The fourth-order valence-corrected chi connectivity index (χ4v) is 5.80. The predicted molar refractivity (Wildman–Crippen MR) is 159 cm³/mol. The molecule has 14 nitrogen and oxygen atoms in total. The molecule has 0 atom stereocenters. The fraction of sp³-hybridized carbons (Fsp3) is 0.500. The van der Waals surface area contributed by atoms with Gasteiger partial charge in [-0.25, -0.2) is 0 Å². The minimum atomic E-state index is -0.519. The summed E-state index contributed by atoms with van der Waals surface area (Å²) in [5, 5.41) is 24.9. The first-order valence-corrected chi connectivity index (χ1v) is 14.0. The lowest BCUT2D eigenvalue weighted by atomic mass is 9.72. The van der Waals surface area contributed by atoms with E-state index >= 15 is 0 Å². The van der Waals surface area contributed by atoms with Crippen LogP contribution in [0, 0.1) is 31.1 Å². The van der Waals surface area contributed by atoms with Crippen molar-refractivity contribution >= 4 is 40.5 Å². The number of ether oxygens (including phenoxy) is 2. The normalized spacial score (nSPS) is 18.3. The molecule has 6 rings (SSSR count). The monoisotopic (exact) mass is 618 g/mol. The number of carbonyl (C=O) groups is 2. The maximum Gasteiger partial charge on any atom is 0.311 e. The Balaban J connectivity index is 0.000000162. The molecule has 0 saturated carbocycles. The molecule has 2 amide bonds. The van der Waals surface area contributed by atoms with Gasteiger partial charge < -0.3 is 29.5 Å². The quantitative estimate of drug-likeness (QED) is 0.390. The first kappa shape index (κ1) is 31.8. The average Bonchev–Trinajstić information content (AvgIpc) is 2.85. The number of hydrogen-bond acceptors (Lipinski definition) is 10. The highest BCUT2D eigenvalue weighted by Crippen LogP contribution is 2.43. The molecule has 4 saturated heterocycles. The van der Waals surface area contributed by atoms with Crippen LogP contribution >= 0.6 is 11.6 Å². The van der Waals surface area contributed by atoms with E-state index in [4.69, 9.17) is 21.1 Å². The number of likely N-dealkylation sites (tertiary alicyclic amines) is 2. The zero-order valence-corrected chi connectivity index (χ0v) is 25.3. The Morgan fingerprint density at radius 1 is 0.791 bits per heavy atom. The van der Waals surface area contributed by atoms with Crippen LogP contribution in [0.15, 0.2) is 36.4 Å². The van der Waals surface area contributed by atoms with Gasteiger partial charge in [0.1, 0.15) is 0 Å². The van der Waals surface area contributed by atoms with Crippen LogP contribution in [0.4, 0.5) is 17.1 Å². The first-order valence-electron chi connectivity index (χ1n) is 13.6. The molecule has 0 bridgehead atoms. The molecule has 2 aromatic carbocycles. The van der Waals surface area contributed by atoms with Crippen LogP contribution in [0.1, 0.15) is 13.8 Å². The second-order valence-electron chi connectivity index (χ2n) is 11.4. The van der Waals surface area contributed by atoms with E-state index in [1.807, 2.05) is 9.80 Å². The lowest BCUT2D eigenvalue weighted by molar-refractivity contribution is -0.385. The molecule has 4 aliphatic rings. The number of methoxy groups -OCH3 is 2. The van der Waals surface area contributed by atoms with E-state index in [1.165, 1.54) is 38.5 Å². The highest BCUT2D eigenvalue weighted by atomic mass is 35.5. The maximum atomic E-state index is 11.2. The Morgan fingerprint density at radius 3 is 1.67 bits per heavy atom. The van der Waals surface area contributed by atoms with Gasteiger partial charge in [0, 0.05) is 112 Å². The Morgan fingerprint density at radius 2 is 1.26 bits per heavy atom. The van der Waals surface area contributed by atoms with Crippen molar-refractivity contribution < 1.29 is 28.9 Å². The molecule has 4 heterocycles. The van der Waals surface area contributed by atoms with Crippen molar-refractivity contribution in [1.82, 2.24) is 15.1 Å². The van der Waals surface area contributed by atoms with Crippen LogP contribution in [0.3, 0.4) is 0 Å². The zero-order chi connectivity index (χ0) is 31.5. The van der Waals surface area contributed by atoms with Crippen molar-refractivity contribution in [3.05, 3.63) is 61.6 Å². The standard InChI is InChI=1S/C14H17N3O4.C7H6ClNO3.C7H12N2O/c1-10(18)15-6-14(7-15)8-16(9-14)11-3-4-12(17(19)20)13(5-11)21-2;1-12-7-4-5(8)2-3-6(7)9(10)11;1-6(10)9-4-7(5-9)2-8-3-7/h3-5H,6-9H2,1-2H3;2-4H,1H3;8H,2-5H2,1H3. The van der Waals surface area contributed by atoms with E-state index in [-0.39, 0.29) is 40.1 Å². The molecule has 1 N–H and O–H groups in total. The highest BCUT2D eigenvalue weighted by Gasteiger charge is 2.52. The molecule has 4 fully saturated rings. The number of carbonyl (C=O) groups excluding carboxylic acids is 2. The van der Waals surface area contributed by atoms with Crippen LogP contribution in [0.2, 0.25) is 5.02 Å². The van der Waals surface area contributed by atoms with Crippen molar-refractivity contribution in [3.8, 4) is 11.5 Å². The topological polar surface area (TPSA) is 161 Å². The Kier molecular flexibility index (Phi) is 9.30. The van der Waals surface area contributed by atoms with Crippen molar-refractivity contribution in [1.29, 1.82) is 0 Å². The molecular formula is C28H35ClN6O8. The number of anilines is 1. The number of hydrogen-bond donors (Lipinski definition) is 1. The zero-order valence-electron chi connectivity index (χ0n) is 24.5. The molecule has 232 valence electrons. The Bertz CT molecular complexity index is 1400. The van der Waals surface area contributed by atoms with Gasteiger partial charge in [0.25, 0.3) is 0 Å². The smallest absolute Gasteiger partial charge is 0.311 e. The third-order valence-electron chi connectivity index (χ3n) is 8.11. The van der Waals surface area contributed by atoms with E-state index in [2.05, 4.69) is 10.2 Å². The van der Waals surface area contributed by atoms with Crippen LogP contribution in [-0.2, 0) is 9.59 Å². The van der Waals surface area contributed by atoms with Crippen molar-refractivity contribution in [2.75, 3.05) is 71.5 Å². The van der Waals surface area contributed by atoms with Crippen LogP contribution in [-0.4, -0.2) is 98.0 Å². The van der Waals surface area contributed by atoms with Gasteiger partial charge in [-0.2, -0.15) is 0 Å². The van der Waals surface area contributed by atoms with Crippen LogP contribution in [0.5, 0.6) is 11.5 Å². The first-order chi connectivity index (χ1) is 20.3. The molecule has 0 radical (unpaired) electrons. The van der Waals surface area contributed by atoms with Gasteiger partial charge in [0.2, 0.25) is 11.8 Å². The lowest BCUT2D eigenvalue weighted by Crippen LogP contribution is -2.72. The van der Waals surface area contributed by atoms with Gasteiger partial charge in [-0.1, -0.05) is 11.6 Å². The lowest BCUT2D eigenvalue weighted by Gasteiger charge is -2.60. The molecule has 4 aliphatic heterocycles. The number of rotatable bonds is 5. The summed E-state index contributed by atoms with van der Waals surface area (Å²) in [6, 6.07) is 9.08. The molecule has 0 unspecified atom stereocenters. The minimum Gasteiger partial charge on any atom is -0.490 e. The summed E-state index contributed by atoms with van der Waals surface area (Å²) < 4.78 is 9.85. The SMILES string of the molecule is CC(=O)N1CC2(CNC2)C1.COc1cc(Cl)ccc1[N+](=O)[O-].COc1cc(N2CC3(CN(C(C)=O)C3)C2)ccc1[N+](=O)[O-]. The van der Waals surface area contributed by atoms with E-state index in [0.717, 1.165) is 58.0 Å². The van der Waals surface area contributed by atoms with Crippen molar-refractivity contribution in [2.24, 2.45) is 10.8 Å². The average molecular weight is 619 g/mol. The summed E-state index contributed by atoms with van der Waals surface area (Å²) in [7, 11) is 2.79. The highest BCUT2D eigenvalue weighted by molar-refractivity contribution is 6.30. The molecule has 2 aromatic rings. The van der Waals surface area contributed by atoms with E-state index < -0.39 is 9.85 Å². The van der Waals surface area contributed by atoms with Gasteiger partial charge in [-0.15, -0.1) is 0 Å². The molecule has 0 aliphatic carbocycles. The maximum absolute atomic E-state index is 11.2. The number of benzene rings is 2. The predicted octanol–water partition coefficient (Wildman–Crippen LogP) is 2.97. The second-order valence-corrected chi connectivity index (χ2v) is 11.8. The summed E-state index contributed by atoms with van der Waals surface area (Å²) in [5.41, 5.74) is 1.51. The number of nitro benzene ring substituents is 2. The van der Waals surface area contributed by atoms with Gasteiger partial charge >= 0.3 is 11.4 Å². The molecule has 2 spiro atoms. The second kappa shape index (κ2) is 12.6. The summed E-state index contributed by atoms with van der Waals surface area (Å²) in [6.07, 6.45) is 0. The van der Waals surface area contributed by atoms with Crippen LogP contribution < -0.4 is 19.7 Å². The number of halogens is 1. The van der Waals surface area contributed by atoms with Crippen molar-refractivity contribution in [2.45, 2.75) is 13.8 Å². The van der Waals surface area contributed by atoms with Gasteiger partial charge in [-0.3, -0.25) is 29.8 Å². The molecule has 15 heteroatoms. The van der Waals surface area contributed by atoms with Crippen molar-refractivity contribution in [3.63, 3.8) is 0 Å². The van der Waals surface area contributed by atoms with E-state index in [1.54, 1.807) is 26.0 Å². The summed E-state index contributed by atoms with van der Waals surface area (Å²) in [4.78, 5) is 48.2. The third kappa shape index (κ3) is 6.91.